The highest BCUT2D eigenvalue weighted by molar-refractivity contribution is 5.59. The number of nitrogens with one attached hydrogen (secondary N) is 1. The van der Waals surface area contributed by atoms with Crippen LogP contribution in [0.1, 0.15) is 43.2 Å². The molecule has 1 aliphatic carbocycles. The van der Waals surface area contributed by atoms with Crippen molar-refractivity contribution in [3.8, 4) is 0 Å². The molecule has 0 unspecified atom stereocenters. The van der Waals surface area contributed by atoms with E-state index in [4.69, 9.17) is 0 Å². The predicted octanol–water partition coefficient (Wildman–Crippen LogP) is 3.39. The first kappa shape index (κ1) is 13.9. The number of aryl methyl sites for hydroxylation is 1. The van der Waals surface area contributed by atoms with Gasteiger partial charge in [-0.15, -0.1) is 0 Å². The van der Waals surface area contributed by atoms with Crippen molar-refractivity contribution < 1.29 is 0 Å². The van der Waals surface area contributed by atoms with E-state index in [1.165, 1.54) is 63.6 Å². The molecule has 0 bridgehead atoms. The van der Waals surface area contributed by atoms with Gasteiger partial charge in [0, 0.05) is 18.8 Å². The Morgan fingerprint density at radius 2 is 2.10 bits per heavy atom. The van der Waals surface area contributed by atoms with Crippen LogP contribution in [0.5, 0.6) is 0 Å². The lowest BCUT2D eigenvalue weighted by Crippen LogP contribution is -2.26. The van der Waals surface area contributed by atoms with Crippen LogP contribution in [-0.4, -0.2) is 26.7 Å². The minimum atomic E-state index is 0.953. The third-order valence-corrected chi connectivity index (χ3v) is 4.99. The van der Waals surface area contributed by atoms with E-state index in [0.29, 0.717) is 0 Å². The van der Waals surface area contributed by atoms with Crippen LogP contribution in [0.3, 0.4) is 0 Å². The maximum Gasteiger partial charge on any atom is 0.0402 e. The van der Waals surface area contributed by atoms with Gasteiger partial charge in [-0.3, -0.25) is 0 Å². The zero-order chi connectivity index (χ0) is 13.8. The van der Waals surface area contributed by atoms with E-state index in [-0.39, 0.29) is 0 Å². The standard InChI is InChI=1S/C18H28N2/c1-19-11-4-7-15-8-9-17-10-12-20(18(17)13-15)14-16-5-2-3-6-16/h8-9,13,16,19H,2-7,10-12,14H2,1H3. The highest BCUT2D eigenvalue weighted by atomic mass is 15.1. The fourth-order valence-electron chi connectivity index (χ4n) is 3.81. The van der Waals surface area contributed by atoms with Gasteiger partial charge >= 0.3 is 0 Å². The van der Waals surface area contributed by atoms with Crippen LogP contribution in [-0.2, 0) is 12.8 Å². The molecule has 1 N–H and O–H groups in total. The summed E-state index contributed by atoms with van der Waals surface area (Å²) < 4.78 is 0. The number of nitrogens with zero attached hydrogens (tertiary/aromatic N) is 1. The quantitative estimate of drug-likeness (QED) is 0.799. The molecular weight excluding hydrogens is 244 g/mol. The molecule has 1 fully saturated rings. The van der Waals surface area contributed by atoms with E-state index in [2.05, 4.69) is 28.4 Å². The molecule has 1 heterocycles. The fraction of sp³-hybridized carbons (Fsp3) is 0.667. The van der Waals surface area contributed by atoms with Crippen LogP contribution in [0.15, 0.2) is 18.2 Å². The number of hydrogen-bond donors (Lipinski definition) is 1. The van der Waals surface area contributed by atoms with Crippen molar-refractivity contribution in [2.75, 3.05) is 31.6 Å². The summed E-state index contributed by atoms with van der Waals surface area (Å²) in [4.78, 5) is 2.66. The van der Waals surface area contributed by atoms with Crippen molar-refractivity contribution in [2.45, 2.75) is 44.9 Å². The second kappa shape index (κ2) is 6.62. The number of rotatable bonds is 6. The lowest BCUT2D eigenvalue weighted by molar-refractivity contribution is 0.538. The third-order valence-electron chi connectivity index (χ3n) is 4.99. The van der Waals surface area contributed by atoms with Crippen molar-refractivity contribution in [1.82, 2.24) is 5.32 Å². The van der Waals surface area contributed by atoms with Gasteiger partial charge in [0.2, 0.25) is 0 Å². The molecule has 1 aromatic carbocycles. The normalized spacial score (nSPS) is 18.8. The summed E-state index contributed by atoms with van der Waals surface area (Å²) in [7, 11) is 2.03. The lowest BCUT2D eigenvalue weighted by Gasteiger charge is -2.23. The molecular formula is C18H28N2. The maximum atomic E-state index is 3.24. The van der Waals surface area contributed by atoms with Gasteiger partial charge in [-0.05, 0) is 68.8 Å². The molecule has 2 heteroatoms. The first-order valence-electron chi connectivity index (χ1n) is 8.38. The fourth-order valence-corrected chi connectivity index (χ4v) is 3.81. The smallest absolute Gasteiger partial charge is 0.0402 e. The highest BCUT2D eigenvalue weighted by Gasteiger charge is 2.24. The largest absolute Gasteiger partial charge is 0.371 e. The van der Waals surface area contributed by atoms with E-state index < -0.39 is 0 Å². The van der Waals surface area contributed by atoms with Gasteiger partial charge in [0.1, 0.15) is 0 Å². The van der Waals surface area contributed by atoms with Gasteiger partial charge in [0.05, 0.1) is 0 Å². The van der Waals surface area contributed by atoms with Crippen molar-refractivity contribution in [1.29, 1.82) is 0 Å². The van der Waals surface area contributed by atoms with Gasteiger partial charge in [-0.2, -0.15) is 0 Å². The number of benzene rings is 1. The van der Waals surface area contributed by atoms with E-state index in [0.717, 1.165) is 12.5 Å². The number of hydrogen-bond acceptors (Lipinski definition) is 2. The van der Waals surface area contributed by atoms with E-state index in [1.807, 2.05) is 7.05 Å². The minimum absolute atomic E-state index is 0.953. The molecule has 1 aromatic rings. The molecule has 1 aliphatic heterocycles. The van der Waals surface area contributed by atoms with Crippen molar-refractivity contribution >= 4 is 5.69 Å². The minimum Gasteiger partial charge on any atom is -0.371 e. The Morgan fingerprint density at radius 3 is 2.90 bits per heavy atom. The molecule has 2 nitrogen and oxygen atoms in total. The Balaban J connectivity index is 1.65. The summed E-state index contributed by atoms with van der Waals surface area (Å²) in [5, 5.41) is 3.24. The van der Waals surface area contributed by atoms with Gasteiger partial charge in [-0.25, -0.2) is 0 Å². The molecule has 0 radical (unpaired) electrons. The number of fused-ring (bicyclic) bond motifs is 1. The molecule has 0 atom stereocenters. The van der Waals surface area contributed by atoms with Crippen LogP contribution in [0, 0.1) is 5.92 Å². The van der Waals surface area contributed by atoms with E-state index in [9.17, 15) is 0 Å². The molecule has 2 aliphatic rings. The summed E-state index contributed by atoms with van der Waals surface area (Å²) in [5.74, 6) is 0.953. The molecule has 0 amide bonds. The Morgan fingerprint density at radius 1 is 1.25 bits per heavy atom. The van der Waals surface area contributed by atoms with Crippen LogP contribution in [0.4, 0.5) is 5.69 Å². The van der Waals surface area contributed by atoms with Crippen molar-refractivity contribution in [3.05, 3.63) is 29.3 Å². The molecule has 20 heavy (non-hydrogen) atoms. The summed E-state index contributed by atoms with van der Waals surface area (Å²) in [6.45, 7) is 3.65. The topological polar surface area (TPSA) is 15.3 Å². The number of anilines is 1. The van der Waals surface area contributed by atoms with Gasteiger partial charge in [-0.1, -0.05) is 25.0 Å². The Kier molecular flexibility index (Phi) is 4.62. The van der Waals surface area contributed by atoms with Crippen LogP contribution in [0.2, 0.25) is 0 Å². The zero-order valence-electron chi connectivity index (χ0n) is 12.8. The van der Waals surface area contributed by atoms with Gasteiger partial charge in [0.25, 0.3) is 0 Å². The van der Waals surface area contributed by atoms with E-state index >= 15 is 0 Å². The average molecular weight is 272 g/mol. The molecule has 110 valence electrons. The van der Waals surface area contributed by atoms with Gasteiger partial charge in [0.15, 0.2) is 0 Å². The maximum absolute atomic E-state index is 3.24. The monoisotopic (exact) mass is 272 g/mol. The van der Waals surface area contributed by atoms with Crippen LogP contribution >= 0.6 is 0 Å². The van der Waals surface area contributed by atoms with Crippen LogP contribution in [0.25, 0.3) is 0 Å². The third kappa shape index (κ3) is 3.17. The summed E-state index contributed by atoms with van der Waals surface area (Å²) >= 11 is 0. The molecule has 0 spiro atoms. The second-order valence-corrected chi connectivity index (χ2v) is 6.52. The zero-order valence-corrected chi connectivity index (χ0v) is 12.8. The Bertz CT molecular complexity index is 435. The molecule has 1 saturated carbocycles. The van der Waals surface area contributed by atoms with Crippen molar-refractivity contribution in [2.24, 2.45) is 5.92 Å². The summed E-state index contributed by atoms with van der Waals surface area (Å²) in [5.41, 5.74) is 4.62. The first-order valence-corrected chi connectivity index (χ1v) is 8.38. The molecule has 0 aromatic heterocycles. The Labute approximate surface area is 123 Å². The second-order valence-electron chi connectivity index (χ2n) is 6.52. The van der Waals surface area contributed by atoms with E-state index in [1.54, 1.807) is 11.3 Å². The molecule has 0 saturated heterocycles. The molecule has 3 rings (SSSR count). The SMILES string of the molecule is CNCCCc1ccc2c(c1)N(CC1CCCC1)CC2. The summed E-state index contributed by atoms with van der Waals surface area (Å²) in [6, 6.07) is 7.18. The summed E-state index contributed by atoms with van der Waals surface area (Å²) in [6.07, 6.45) is 9.49. The predicted molar refractivity (Wildman–Crippen MR) is 86.6 cm³/mol. The van der Waals surface area contributed by atoms with Crippen LogP contribution < -0.4 is 10.2 Å². The average Bonchev–Trinajstić information content (AvgIpc) is 3.10. The Hall–Kier alpha value is -1.02. The van der Waals surface area contributed by atoms with Gasteiger partial charge < -0.3 is 10.2 Å². The lowest BCUT2D eigenvalue weighted by atomic mass is 10.0. The highest BCUT2D eigenvalue weighted by Crippen LogP contribution is 2.33. The first-order chi connectivity index (χ1) is 9.86. The van der Waals surface area contributed by atoms with Crippen molar-refractivity contribution in [3.63, 3.8) is 0 Å².